The van der Waals surface area contributed by atoms with Crippen molar-refractivity contribution >= 4 is 68.1 Å². The molecular weight excluding hydrogens is 707 g/mol. The van der Waals surface area contributed by atoms with Gasteiger partial charge in [-0.2, -0.15) is 0 Å². The van der Waals surface area contributed by atoms with Crippen molar-refractivity contribution in [3.05, 3.63) is 116 Å². The summed E-state index contributed by atoms with van der Waals surface area (Å²) < 4.78 is 23.5. The molecule has 2 atom stereocenters. The highest BCUT2D eigenvalue weighted by atomic mass is 79.9. The number of benzene rings is 3. The van der Waals surface area contributed by atoms with Crippen LogP contribution < -0.4 is 9.46 Å². The number of nitrogens with one attached hydrogen (secondary N) is 1. The Bertz CT molecular complexity index is 1430. The lowest BCUT2D eigenvalue weighted by Crippen LogP contribution is -2.41. The molecule has 0 spiro atoms. The van der Waals surface area contributed by atoms with Gasteiger partial charge in [0.25, 0.3) is 0 Å². The molecule has 3 aromatic carbocycles. The number of hydrogen-bond acceptors (Lipinski definition) is 5. The number of aromatic nitrogens is 2. The Labute approximate surface area is 286 Å². The lowest BCUT2D eigenvalue weighted by Gasteiger charge is -2.28. The number of nitrogens with zero attached hydrogens (tertiary/aromatic N) is 3. The standard InChI is InChI=1S/C17H20BrNOS.C15H16Cl3N3O2/c1-17(2,3)21(20)19-16(13-7-5-4-6-8-13)14-9-11-15(18)12-10-14;1-2-4-20(15(22)21-5-3-19-10-21)6-7-23-14-12(17)8-11(16)9-13(14)18/h4-12,16,19H,1-3H3;3,5,8-10H,2,4,6-7H2,1H3/t16-,21?;/m1./s1. The van der Waals surface area contributed by atoms with Crippen molar-refractivity contribution < 1.29 is 14.1 Å². The molecule has 0 saturated heterocycles. The molecule has 1 amide bonds. The summed E-state index contributed by atoms with van der Waals surface area (Å²) in [5.74, 6) is 0.365. The van der Waals surface area contributed by atoms with E-state index in [2.05, 4.69) is 49.9 Å². The Morgan fingerprint density at radius 3 is 2.20 bits per heavy atom. The molecule has 44 heavy (non-hydrogen) atoms. The first-order valence-corrected chi connectivity index (χ1v) is 17.0. The molecule has 236 valence electrons. The maximum absolute atomic E-state index is 12.5. The fourth-order valence-electron chi connectivity index (χ4n) is 3.95. The van der Waals surface area contributed by atoms with Crippen LogP contribution in [-0.4, -0.2) is 49.5 Å². The topological polar surface area (TPSA) is 82.5 Å². The molecule has 4 aromatic rings. The van der Waals surface area contributed by atoms with E-state index in [1.54, 1.807) is 29.4 Å². The maximum atomic E-state index is 12.5. The second-order valence-electron chi connectivity index (χ2n) is 10.7. The van der Waals surface area contributed by atoms with Gasteiger partial charge in [0, 0.05) is 39.8 Å². The third-order valence-electron chi connectivity index (χ3n) is 6.18. The van der Waals surface area contributed by atoms with Crippen LogP contribution in [0.1, 0.15) is 51.3 Å². The van der Waals surface area contributed by atoms with Gasteiger partial charge in [0.1, 0.15) is 23.7 Å². The molecule has 1 N–H and O–H groups in total. The van der Waals surface area contributed by atoms with E-state index in [0.717, 1.165) is 22.0 Å². The highest BCUT2D eigenvalue weighted by Gasteiger charge is 2.30. The SMILES string of the molecule is CC(C)(C)[S+]([O-])N[C@H](c1ccccc1)c1ccc(Br)cc1.CCCN(CCOc1c(Cl)cc(Cl)cc1Cl)C(=O)n1ccnc1. The number of halogens is 4. The van der Waals surface area contributed by atoms with E-state index >= 15 is 0 Å². The minimum atomic E-state index is -1.14. The average molecular weight is 743 g/mol. The molecule has 1 unspecified atom stereocenters. The van der Waals surface area contributed by atoms with Crippen LogP contribution in [0, 0.1) is 0 Å². The van der Waals surface area contributed by atoms with E-state index in [9.17, 15) is 9.35 Å². The van der Waals surface area contributed by atoms with E-state index in [1.165, 1.54) is 10.9 Å². The molecule has 0 saturated carbocycles. The van der Waals surface area contributed by atoms with Crippen molar-refractivity contribution in [3.63, 3.8) is 0 Å². The van der Waals surface area contributed by atoms with E-state index in [0.29, 0.717) is 33.9 Å². The summed E-state index contributed by atoms with van der Waals surface area (Å²) in [6.07, 6.45) is 5.48. The Balaban J connectivity index is 0.000000241. The highest BCUT2D eigenvalue weighted by molar-refractivity contribution is 9.10. The fourth-order valence-corrected chi connectivity index (χ4v) is 5.98. The summed E-state index contributed by atoms with van der Waals surface area (Å²) >= 11 is 20.3. The van der Waals surface area contributed by atoms with Crippen molar-refractivity contribution in [3.8, 4) is 5.75 Å². The molecule has 1 heterocycles. The third-order valence-corrected chi connectivity index (χ3v) is 9.05. The number of ether oxygens (including phenoxy) is 1. The largest absolute Gasteiger partial charge is 0.598 e. The molecule has 0 bridgehead atoms. The van der Waals surface area contributed by atoms with Gasteiger partial charge in [0.15, 0.2) is 5.75 Å². The molecule has 0 aliphatic carbocycles. The Morgan fingerprint density at radius 2 is 1.66 bits per heavy atom. The third kappa shape index (κ3) is 11.0. The van der Waals surface area contributed by atoms with Crippen LogP contribution in [0.4, 0.5) is 4.79 Å². The van der Waals surface area contributed by atoms with E-state index in [1.807, 2.05) is 58.0 Å². The van der Waals surface area contributed by atoms with E-state index in [4.69, 9.17) is 39.5 Å². The Kier molecular flexibility index (Phi) is 14.4. The monoisotopic (exact) mass is 740 g/mol. The molecule has 4 rings (SSSR count). The van der Waals surface area contributed by atoms with Crippen LogP contribution in [0.2, 0.25) is 15.1 Å². The van der Waals surface area contributed by atoms with Crippen LogP contribution in [0.3, 0.4) is 0 Å². The molecule has 1 aromatic heterocycles. The van der Waals surface area contributed by atoms with Crippen LogP contribution in [0.5, 0.6) is 5.75 Å². The molecular formula is C32H36BrCl3N4O3S. The summed E-state index contributed by atoms with van der Waals surface area (Å²) in [6.45, 7) is 9.20. The highest BCUT2D eigenvalue weighted by Crippen LogP contribution is 2.35. The zero-order valence-corrected chi connectivity index (χ0v) is 29.6. The van der Waals surface area contributed by atoms with Gasteiger partial charge in [0.05, 0.1) is 16.6 Å². The van der Waals surface area contributed by atoms with Crippen LogP contribution >= 0.6 is 50.7 Å². The quantitative estimate of drug-likeness (QED) is 0.164. The van der Waals surface area contributed by atoms with Crippen molar-refractivity contribution in [2.24, 2.45) is 0 Å². The Hall–Kier alpha value is -2.24. The van der Waals surface area contributed by atoms with Gasteiger partial charge in [-0.1, -0.05) is 100 Å². The Morgan fingerprint density at radius 1 is 1.05 bits per heavy atom. The predicted molar refractivity (Wildman–Crippen MR) is 185 cm³/mol. The number of carbonyl (C=O) groups is 1. The minimum absolute atomic E-state index is 0.0839. The lowest BCUT2D eigenvalue weighted by atomic mass is 10.00. The molecule has 0 aliphatic heterocycles. The van der Waals surface area contributed by atoms with Gasteiger partial charge >= 0.3 is 6.03 Å². The second kappa shape index (κ2) is 17.5. The van der Waals surface area contributed by atoms with Gasteiger partial charge in [-0.15, -0.1) is 4.72 Å². The zero-order chi connectivity index (χ0) is 32.3. The van der Waals surface area contributed by atoms with Gasteiger partial charge in [-0.05, 0) is 62.6 Å². The number of hydrogen-bond donors (Lipinski definition) is 1. The van der Waals surface area contributed by atoms with Crippen LogP contribution in [-0.2, 0) is 11.4 Å². The number of carbonyl (C=O) groups excluding carboxylic acids is 1. The summed E-state index contributed by atoms with van der Waals surface area (Å²) in [6, 6.07) is 21.1. The van der Waals surface area contributed by atoms with Gasteiger partial charge in [-0.25, -0.2) is 9.78 Å². The predicted octanol–water partition coefficient (Wildman–Crippen LogP) is 9.19. The number of imidazole rings is 1. The molecule has 7 nitrogen and oxygen atoms in total. The van der Waals surface area contributed by atoms with E-state index in [-0.39, 0.29) is 23.4 Å². The number of rotatable bonds is 10. The van der Waals surface area contributed by atoms with Crippen molar-refractivity contribution in [1.29, 1.82) is 0 Å². The first-order valence-electron chi connectivity index (χ1n) is 13.9. The first-order chi connectivity index (χ1) is 20.9. The summed E-state index contributed by atoms with van der Waals surface area (Å²) in [5.41, 5.74) is 2.21. The van der Waals surface area contributed by atoms with Gasteiger partial charge in [0.2, 0.25) is 0 Å². The molecule has 12 heteroatoms. The summed E-state index contributed by atoms with van der Waals surface area (Å²) in [4.78, 5) is 17.9. The summed E-state index contributed by atoms with van der Waals surface area (Å²) in [7, 11) is 0. The first kappa shape index (κ1) is 36.2. The maximum Gasteiger partial charge on any atom is 0.329 e. The molecule has 0 aliphatic rings. The second-order valence-corrected chi connectivity index (χ2v) is 14.8. The summed E-state index contributed by atoms with van der Waals surface area (Å²) in [5, 5.41) is 1.12. The van der Waals surface area contributed by atoms with Crippen molar-refractivity contribution in [1.82, 2.24) is 19.2 Å². The van der Waals surface area contributed by atoms with Gasteiger partial charge in [-0.3, -0.25) is 4.57 Å². The van der Waals surface area contributed by atoms with Gasteiger partial charge < -0.3 is 14.2 Å². The van der Waals surface area contributed by atoms with Crippen molar-refractivity contribution in [2.45, 2.75) is 44.9 Å². The minimum Gasteiger partial charge on any atom is -0.598 e. The average Bonchev–Trinajstić information content (AvgIpc) is 3.52. The zero-order valence-electron chi connectivity index (χ0n) is 25.0. The lowest BCUT2D eigenvalue weighted by molar-refractivity contribution is 0.184. The van der Waals surface area contributed by atoms with Crippen molar-refractivity contribution in [2.75, 3.05) is 19.7 Å². The fraction of sp³-hybridized carbons (Fsp3) is 0.312. The van der Waals surface area contributed by atoms with Crippen LogP contribution in [0.15, 0.2) is 89.9 Å². The van der Waals surface area contributed by atoms with Crippen LogP contribution in [0.25, 0.3) is 0 Å². The normalized spacial score (nSPS) is 12.6. The van der Waals surface area contributed by atoms with E-state index < -0.39 is 11.4 Å². The smallest absolute Gasteiger partial charge is 0.329 e. The molecule has 0 radical (unpaired) electrons. The molecule has 0 fully saturated rings. The number of amides is 1.